The Morgan fingerprint density at radius 2 is 1.61 bits per heavy atom. The summed E-state index contributed by atoms with van der Waals surface area (Å²) >= 11 is 0. The van der Waals surface area contributed by atoms with Gasteiger partial charge in [-0.2, -0.15) is 0 Å². The molecule has 4 heteroatoms. The molecule has 4 rings (SSSR count). The third kappa shape index (κ3) is 2.54. The zero-order valence-corrected chi connectivity index (χ0v) is 13.4. The van der Waals surface area contributed by atoms with Gasteiger partial charge >= 0.3 is 0 Å². The lowest BCUT2D eigenvalue weighted by Crippen LogP contribution is -2.27. The Morgan fingerprint density at radius 3 is 2.52 bits per heavy atom. The van der Waals surface area contributed by atoms with E-state index in [0.29, 0.717) is 4.90 Å². The van der Waals surface area contributed by atoms with Gasteiger partial charge in [0, 0.05) is 11.4 Å². The summed E-state index contributed by atoms with van der Waals surface area (Å²) in [6, 6.07) is 20.9. The molecule has 1 unspecified atom stereocenters. The lowest BCUT2D eigenvalue weighted by Gasteiger charge is -2.15. The smallest absolute Gasteiger partial charge is 0.207 e. The maximum atomic E-state index is 12.9. The average molecular weight is 323 g/mol. The second kappa shape index (κ2) is 5.48. The topological polar surface area (TPSA) is 46.2 Å². The molecule has 3 aromatic rings. The highest BCUT2D eigenvalue weighted by Gasteiger charge is 2.27. The van der Waals surface area contributed by atoms with E-state index in [1.165, 1.54) is 5.56 Å². The molecule has 0 amide bonds. The maximum Gasteiger partial charge on any atom is 0.241 e. The van der Waals surface area contributed by atoms with E-state index >= 15 is 0 Å². The van der Waals surface area contributed by atoms with Crippen LogP contribution in [0.4, 0.5) is 0 Å². The quantitative estimate of drug-likeness (QED) is 0.797. The predicted octanol–water partition coefficient (Wildman–Crippen LogP) is 3.81. The normalized spacial score (nSPS) is 17.3. The van der Waals surface area contributed by atoms with E-state index in [0.717, 1.165) is 29.2 Å². The molecule has 116 valence electrons. The second-order valence-electron chi connectivity index (χ2n) is 5.89. The summed E-state index contributed by atoms with van der Waals surface area (Å²) in [5, 5.41) is 1.69. The van der Waals surface area contributed by atoms with Crippen LogP contribution in [0.5, 0.6) is 0 Å². The molecule has 3 aromatic carbocycles. The molecule has 0 radical (unpaired) electrons. The number of hydrogen-bond donors (Lipinski definition) is 1. The van der Waals surface area contributed by atoms with Crippen molar-refractivity contribution in [1.29, 1.82) is 0 Å². The summed E-state index contributed by atoms with van der Waals surface area (Å²) in [4.78, 5) is 0.347. The van der Waals surface area contributed by atoms with Crippen LogP contribution >= 0.6 is 0 Å². The number of fused-ring (bicyclic) bond motifs is 2. The largest absolute Gasteiger partial charge is 0.241 e. The van der Waals surface area contributed by atoms with Crippen LogP contribution in [-0.4, -0.2) is 8.42 Å². The van der Waals surface area contributed by atoms with Crippen LogP contribution < -0.4 is 4.72 Å². The molecule has 1 aliphatic carbocycles. The summed E-state index contributed by atoms with van der Waals surface area (Å²) in [6.45, 7) is 0. The van der Waals surface area contributed by atoms with Gasteiger partial charge in [-0.05, 0) is 35.4 Å². The molecule has 1 atom stereocenters. The Labute approximate surface area is 136 Å². The highest BCUT2D eigenvalue weighted by Crippen LogP contribution is 2.33. The number of sulfonamides is 1. The molecule has 0 bridgehead atoms. The Hall–Kier alpha value is -2.17. The number of hydrogen-bond acceptors (Lipinski definition) is 2. The molecule has 0 heterocycles. The summed E-state index contributed by atoms with van der Waals surface area (Å²) in [5.41, 5.74) is 2.33. The standard InChI is InChI=1S/C19H17NO2S/c21-23(22,19-11-5-8-14-6-2-4-10-17(14)19)20-18-13-12-15-7-1-3-9-16(15)18/h1-11,18,20H,12-13H2. The van der Waals surface area contributed by atoms with E-state index in [1.807, 2.05) is 48.5 Å². The van der Waals surface area contributed by atoms with Gasteiger partial charge in [-0.1, -0.05) is 60.7 Å². The fraction of sp³-hybridized carbons (Fsp3) is 0.158. The van der Waals surface area contributed by atoms with Gasteiger partial charge in [0.05, 0.1) is 4.90 Å². The van der Waals surface area contributed by atoms with Crippen LogP contribution in [0, 0.1) is 0 Å². The Bertz CT molecular complexity index is 974. The van der Waals surface area contributed by atoms with Crippen molar-refractivity contribution in [2.75, 3.05) is 0 Å². The molecule has 23 heavy (non-hydrogen) atoms. The summed E-state index contributed by atoms with van der Waals surface area (Å²) < 4.78 is 28.7. The molecule has 0 spiro atoms. The van der Waals surface area contributed by atoms with E-state index in [4.69, 9.17) is 0 Å². The molecule has 0 saturated heterocycles. The molecular formula is C19H17NO2S. The summed E-state index contributed by atoms with van der Waals surface area (Å²) in [5.74, 6) is 0. The van der Waals surface area contributed by atoms with Crippen molar-refractivity contribution in [2.24, 2.45) is 0 Å². The Kier molecular flexibility index (Phi) is 3.43. The van der Waals surface area contributed by atoms with Gasteiger partial charge in [-0.25, -0.2) is 13.1 Å². The van der Waals surface area contributed by atoms with E-state index < -0.39 is 10.0 Å². The maximum absolute atomic E-state index is 12.9. The summed E-state index contributed by atoms with van der Waals surface area (Å²) in [7, 11) is -3.56. The number of benzene rings is 3. The fourth-order valence-electron chi connectivity index (χ4n) is 3.36. The number of nitrogens with one attached hydrogen (secondary N) is 1. The van der Waals surface area contributed by atoms with Crippen LogP contribution in [-0.2, 0) is 16.4 Å². The first-order chi connectivity index (χ1) is 11.1. The first-order valence-corrected chi connectivity index (χ1v) is 9.21. The molecule has 1 aliphatic rings. The first kappa shape index (κ1) is 14.4. The van der Waals surface area contributed by atoms with Gasteiger partial charge in [0.25, 0.3) is 0 Å². The lowest BCUT2D eigenvalue weighted by molar-refractivity contribution is 0.555. The number of aryl methyl sites for hydroxylation is 1. The van der Waals surface area contributed by atoms with Gasteiger partial charge in [0.2, 0.25) is 10.0 Å². The van der Waals surface area contributed by atoms with Gasteiger partial charge in [0.15, 0.2) is 0 Å². The van der Waals surface area contributed by atoms with Crippen LogP contribution in [0.25, 0.3) is 10.8 Å². The third-order valence-corrected chi connectivity index (χ3v) is 6.00. The average Bonchev–Trinajstić information content (AvgIpc) is 2.97. The minimum atomic E-state index is -3.56. The van der Waals surface area contributed by atoms with Crippen molar-refractivity contribution in [2.45, 2.75) is 23.8 Å². The zero-order chi connectivity index (χ0) is 15.9. The van der Waals surface area contributed by atoms with E-state index in [1.54, 1.807) is 12.1 Å². The van der Waals surface area contributed by atoms with E-state index in [2.05, 4.69) is 10.8 Å². The van der Waals surface area contributed by atoms with Crippen molar-refractivity contribution in [3.05, 3.63) is 77.9 Å². The van der Waals surface area contributed by atoms with Crippen molar-refractivity contribution in [3.8, 4) is 0 Å². The van der Waals surface area contributed by atoms with Crippen LogP contribution in [0.3, 0.4) is 0 Å². The van der Waals surface area contributed by atoms with Crippen molar-refractivity contribution in [1.82, 2.24) is 4.72 Å². The second-order valence-corrected chi connectivity index (χ2v) is 7.57. The van der Waals surface area contributed by atoms with Crippen molar-refractivity contribution >= 4 is 20.8 Å². The monoisotopic (exact) mass is 323 g/mol. The summed E-state index contributed by atoms with van der Waals surface area (Å²) in [6.07, 6.45) is 1.72. The lowest BCUT2D eigenvalue weighted by atomic mass is 10.1. The molecule has 0 aliphatic heterocycles. The molecule has 1 N–H and O–H groups in total. The first-order valence-electron chi connectivity index (χ1n) is 7.73. The van der Waals surface area contributed by atoms with Gasteiger partial charge in [0.1, 0.15) is 0 Å². The Morgan fingerprint density at radius 1 is 0.870 bits per heavy atom. The molecule has 0 fully saturated rings. The van der Waals surface area contributed by atoms with Crippen molar-refractivity contribution < 1.29 is 8.42 Å². The van der Waals surface area contributed by atoms with Crippen LogP contribution in [0.15, 0.2) is 71.6 Å². The van der Waals surface area contributed by atoms with Gasteiger partial charge in [-0.15, -0.1) is 0 Å². The molecule has 0 saturated carbocycles. The van der Waals surface area contributed by atoms with Crippen molar-refractivity contribution in [3.63, 3.8) is 0 Å². The fourth-order valence-corrected chi connectivity index (χ4v) is 4.84. The third-order valence-electron chi connectivity index (χ3n) is 4.47. The molecular weight excluding hydrogens is 306 g/mol. The van der Waals surface area contributed by atoms with Crippen LogP contribution in [0.1, 0.15) is 23.6 Å². The van der Waals surface area contributed by atoms with E-state index in [9.17, 15) is 8.42 Å². The SMILES string of the molecule is O=S(=O)(NC1CCc2ccccc21)c1cccc2ccccc12. The minimum Gasteiger partial charge on any atom is -0.207 e. The molecule has 0 aromatic heterocycles. The number of rotatable bonds is 3. The molecule has 3 nitrogen and oxygen atoms in total. The van der Waals surface area contributed by atoms with Crippen LogP contribution in [0.2, 0.25) is 0 Å². The predicted molar refractivity (Wildman–Crippen MR) is 91.8 cm³/mol. The zero-order valence-electron chi connectivity index (χ0n) is 12.6. The highest BCUT2D eigenvalue weighted by molar-refractivity contribution is 7.89. The van der Waals surface area contributed by atoms with E-state index in [-0.39, 0.29) is 6.04 Å². The van der Waals surface area contributed by atoms with Gasteiger partial charge < -0.3 is 0 Å². The highest BCUT2D eigenvalue weighted by atomic mass is 32.2. The van der Waals surface area contributed by atoms with Gasteiger partial charge in [-0.3, -0.25) is 0 Å². The Balaban J connectivity index is 1.74. The minimum absolute atomic E-state index is 0.143.